The van der Waals surface area contributed by atoms with Crippen molar-refractivity contribution in [3.05, 3.63) is 35.9 Å². The van der Waals surface area contributed by atoms with Gasteiger partial charge in [0.1, 0.15) is 5.60 Å². The number of rotatable bonds is 5. The number of hydrogen-bond acceptors (Lipinski definition) is 5. The van der Waals surface area contributed by atoms with Crippen LogP contribution in [0.4, 0.5) is 0 Å². The molecule has 1 fully saturated rings. The van der Waals surface area contributed by atoms with E-state index >= 15 is 0 Å². The summed E-state index contributed by atoms with van der Waals surface area (Å²) in [5.41, 5.74) is -0.351. The van der Waals surface area contributed by atoms with Crippen molar-refractivity contribution in [2.75, 3.05) is 6.61 Å². The molecular formula is C18H22O5. The molecule has 0 N–H and O–H groups in total. The number of carbonyl (C=O) groups is 3. The molecule has 0 radical (unpaired) electrons. The Labute approximate surface area is 136 Å². The summed E-state index contributed by atoms with van der Waals surface area (Å²) in [5, 5.41) is 0. The molecule has 1 aromatic rings. The van der Waals surface area contributed by atoms with Gasteiger partial charge >= 0.3 is 11.9 Å². The fraction of sp³-hybridized carbons (Fsp3) is 0.500. The number of Topliss-reactive ketones (excluding diaryl/α,β-unsaturated/α-hetero) is 1. The lowest BCUT2D eigenvalue weighted by Crippen LogP contribution is -2.41. The molecule has 3 atom stereocenters. The van der Waals surface area contributed by atoms with Crippen LogP contribution in [0.5, 0.6) is 0 Å². The summed E-state index contributed by atoms with van der Waals surface area (Å²) < 4.78 is 10.4. The van der Waals surface area contributed by atoms with Crippen LogP contribution < -0.4 is 0 Å². The Morgan fingerprint density at radius 1 is 1.26 bits per heavy atom. The summed E-state index contributed by atoms with van der Waals surface area (Å²) in [5.74, 6) is -3.54. The molecule has 0 amide bonds. The molecule has 0 spiro atoms. The molecule has 0 aliphatic carbocycles. The van der Waals surface area contributed by atoms with Crippen molar-refractivity contribution in [3.63, 3.8) is 0 Å². The van der Waals surface area contributed by atoms with Gasteiger partial charge in [-0.25, -0.2) is 0 Å². The molecule has 2 rings (SSSR count). The first kappa shape index (κ1) is 17.2. The highest BCUT2D eigenvalue weighted by molar-refractivity contribution is 6.01. The van der Waals surface area contributed by atoms with E-state index in [1.54, 1.807) is 52.0 Å². The Bertz CT molecular complexity index is 605. The molecule has 5 nitrogen and oxygen atoms in total. The summed E-state index contributed by atoms with van der Waals surface area (Å²) in [4.78, 5) is 37.1. The second kappa shape index (κ2) is 6.52. The van der Waals surface area contributed by atoms with E-state index in [-0.39, 0.29) is 12.4 Å². The van der Waals surface area contributed by atoms with Crippen LogP contribution >= 0.6 is 0 Å². The van der Waals surface area contributed by atoms with E-state index in [0.29, 0.717) is 5.56 Å². The molecule has 1 heterocycles. The lowest BCUT2D eigenvalue weighted by Gasteiger charge is -2.30. The van der Waals surface area contributed by atoms with Gasteiger partial charge in [0.15, 0.2) is 11.7 Å². The molecule has 1 saturated heterocycles. The summed E-state index contributed by atoms with van der Waals surface area (Å²) in [7, 11) is 0. The minimum absolute atomic E-state index is 0.115. The van der Waals surface area contributed by atoms with Gasteiger partial charge in [-0.3, -0.25) is 14.4 Å². The summed E-state index contributed by atoms with van der Waals surface area (Å²) in [6.07, 6.45) is 0. The van der Waals surface area contributed by atoms with Crippen molar-refractivity contribution in [1.82, 2.24) is 0 Å². The number of esters is 2. The van der Waals surface area contributed by atoms with Crippen molar-refractivity contribution < 1.29 is 23.9 Å². The monoisotopic (exact) mass is 318 g/mol. The average molecular weight is 318 g/mol. The lowest BCUT2D eigenvalue weighted by atomic mass is 9.72. The Morgan fingerprint density at radius 3 is 2.43 bits per heavy atom. The SMILES string of the molecule is CCOC(=O)[C@@H]1C(=O)OC(C)(C)[C@@H]1[C@@H](C)C(=O)c1ccccc1. The van der Waals surface area contributed by atoms with Crippen LogP contribution in [-0.4, -0.2) is 29.9 Å². The molecule has 0 unspecified atom stereocenters. The van der Waals surface area contributed by atoms with Gasteiger partial charge in [-0.05, 0) is 20.8 Å². The minimum atomic E-state index is -1.06. The van der Waals surface area contributed by atoms with Gasteiger partial charge in [0.2, 0.25) is 0 Å². The largest absolute Gasteiger partial charge is 0.465 e. The van der Waals surface area contributed by atoms with E-state index in [0.717, 1.165) is 0 Å². The van der Waals surface area contributed by atoms with E-state index in [1.165, 1.54) is 0 Å². The minimum Gasteiger partial charge on any atom is -0.465 e. The Hall–Kier alpha value is -2.17. The molecule has 1 aliphatic rings. The van der Waals surface area contributed by atoms with E-state index in [2.05, 4.69) is 0 Å². The Kier molecular flexibility index (Phi) is 4.88. The Morgan fingerprint density at radius 2 is 1.87 bits per heavy atom. The first-order valence-corrected chi connectivity index (χ1v) is 7.78. The molecule has 0 bridgehead atoms. The van der Waals surface area contributed by atoms with Gasteiger partial charge in [-0.15, -0.1) is 0 Å². The van der Waals surface area contributed by atoms with Gasteiger partial charge in [-0.2, -0.15) is 0 Å². The highest BCUT2D eigenvalue weighted by atomic mass is 16.6. The standard InChI is InChI=1S/C18H22O5/c1-5-22-16(20)13-14(18(3,4)23-17(13)21)11(2)15(19)12-9-7-6-8-10-12/h6-11,13-14H,5H2,1-4H3/t11-,13-,14-/m1/s1. The zero-order valence-electron chi connectivity index (χ0n) is 13.9. The maximum atomic E-state index is 12.7. The van der Waals surface area contributed by atoms with Crippen LogP contribution in [0.1, 0.15) is 38.1 Å². The molecule has 124 valence electrons. The summed E-state index contributed by atoms with van der Waals surface area (Å²) >= 11 is 0. The van der Waals surface area contributed by atoms with E-state index in [4.69, 9.17) is 9.47 Å². The molecular weight excluding hydrogens is 296 g/mol. The van der Waals surface area contributed by atoms with Crippen LogP contribution in [0.2, 0.25) is 0 Å². The number of hydrogen-bond donors (Lipinski definition) is 0. The average Bonchev–Trinajstić information content (AvgIpc) is 2.75. The highest BCUT2D eigenvalue weighted by Gasteiger charge is 2.57. The first-order valence-electron chi connectivity index (χ1n) is 7.78. The third-order valence-electron chi connectivity index (χ3n) is 4.33. The van der Waals surface area contributed by atoms with Crippen LogP contribution in [-0.2, 0) is 19.1 Å². The fourth-order valence-electron chi connectivity index (χ4n) is 3.33. The molecule has 1 aliphatic heterocycles. The summed E-state index contributed by atoms with van der Waals surface area (Å²) in [6.45, 7) is 7.04. The van der Waals surface area contributed by atoms with Gasteiger partial charge < -0.3 is 9.47 Å². The van der Waals surface area contributed by atoms with Crippen LogP contribution in [0.3, 0.4) is 0 Å². The maximum Gasteiger partial charge on any atom is 0.321 e. The highest BCUT2D eigenvalue weighted by Crippen LogP contribution is 2.43. The van der Waals surface area contributed by atoms with Gasteiger partial charge in [-0.1, -0.05) is 37.3 Å². The quantitative estimate of drug-likeness (QED) is 0.474. The third-order valence-corrected chi connectivity index (χ3v) is 4.33. The summed E-state index contributed by atoms with van der Waals surface area (Å²) in [6, 6.07) is 8.84. The van der Waals surface area contributed by atoms with Gasteiger partial charge in [0, 0.05) is 17.4 Å². The van der Waals surface area contributed by atoms with Gasteiger partial charge in [0.05, 0.1) is 6.61 Å². The van der Waals surface area contributed by atoms with Crippen molar-refractivity contribution in [3.8, 4) is 0 Å². The number of benzene rings is 1. The lowest BCUT2D eigenvalue weighted by molar-refractivity contribution is -0.157. The van der Waals surface area contributed by atoms with Crippen molar-refractivity contribution in [2.24, 2.45) is 17.8 Å². The molecule has 5 heteroatoms. The smallest absolute Gasteiger partial charge is 0.321 e. The number of carbonyl (C=O) groups excluding carboxylic acids is 3. The number of cyclic esters (lactones) is 1. The van der Waals surface area contributed by atoms with Crippen LogP contribution in [0.15, 0.2) is 30.3 Å². The second-order valence-corrected chi connectivity index (χ2v) is 6.30. The molecule has 0 saturated carbocycles. The topological polar surface area (TPSA) is 69.7 Å². The van der Waals surface area contributed by atoms with E-state index < -0.39 is 35.3 Å². The second-order valence-electron chi connectivity index (χ2n) is 6.30. The fourth-order valence-corrected chi connectivity index (χ4v) is 3.33. The van der Waals surface area contributed by atoms with Gasteiger partial charge in [0.25, 0.3) is 0 Å². The number of ether oxygens (including phenoxy) is 2. The Balaban J connectivity index is 2.34. The van der Waals surface area contributed by atoms with E-state index in [1.807, 2.05) is 6.07 Å². The van der Waals surface area contributed by atoms with Crippen molar-refractivity contribution in [1.29, 1.82) is 0 Å². The van der Waals surface area contributed by atoms with Crippen LogP contribution in [0, 0.1) is 17.8 Å². The zero-order chi connectivity index (χ0) is 17.2. The normalized spacial score (nSPS) is 23.9. The predicted octanol–water partition coefficient (Wildman–Crippen LogP) is 2.64. The molecule has 23 heavy (non-hydrogen) atoms. The zero-order valence-corrected chi connectivity index (χ0v) is 13.9. The van der Waals surface area contributed by atoms with E-state index in [9.17, 15) is 14.4 Å². The first-order chi connectivity index (χ1) is 10.8. The predicted molar refractivity (Wildman–Crippen MR) is 83.7 cm³/mol. The van der Waals surface area contributed by atoms with Crippen molar-refractivity contribution >= 4 is 17.7 Å². The maximum absolute atomic E-state index is 12.7. The van der Waals surface area contributed by atoms with Crippen molar-refractivity contribution in [2.45, 2.75) is 33.3 Å². The third kappa shape index (κ3) is 3.28. The molecule has 1 aromatic carbocycles. The number of ketones is 1. The van der Waals surface area contributed by atoms with Crippen LogP contribution in [0.25, 0.3) is 0 Å². The molecule has 0 aromatic heterocycles.